The van der Waals surface area contributed by atoms with Crippen LogP contribution < -0.4 is 11.1 Å². The van der Waals surface area contributed by atoms with Gasteiger partial charge in [-0.15, -0.1) is 23.7 Å². The maximum absolute atomic E-state index is 12.0. The van der Waals surface area contributed by atoms with E-state index < -0.39 is 0 Å². The van der Waals surface area contributed by atoms with Gasteiger partial charge in [-0.25, -0.2) is 0 Å². The largest absolute Gasteiger partial charge is 0.345 e. The molecular weight excluding hydrogens is 256 g/mol. The van der Waals surface area contributed by atoms with Crippen molar-refractivity contribution in [3.63, 3.8) is 0 Å². The Hall–Kier alpha value is -0.580. The van der Waals surface area contributed by atoms with E-state index in [9.17, 15) is 4.79 Å². The number of hydrogen-bond acceptors (Lipinski definition) is 3. The molecule has 1 aliphatic carbocycles. The molecule has 17 heavy (non-hydrogen) atoms. The Balaban J connectivity index is 0.00000144. The fourth-order valence-electron chi connectivity index (χ4n) is 1.92. The van der Waals surface area contributed by atoms with Crippen LogP contribution >= 0.6 is 23.7 Å². The average Bonchev–Trinajstić information content (AvgIpc) is 3.02. The molecular formula is C12H19ClN2OS. The van der Waals surface area contributed by atoms with Crippen LogP contribution in [-0.4, -0.2) is 18.0 Å². The van der Waals surface area contributed by atoms with Gasteiger partial charge in [0.25, 0.3) is 5.91 Å². The number of amides is 1. The summed E-state index contributed by atoms with van der Waals surface area (Å²) in [5.41, 5.74) is 5.54. The Labute approximate surface area is 112 Å². The number of aryl methyl sites for hydroxylation is 1. The van der Waals surface area contributed by atoms with Crippen LogP contribution in [0.3, 0.4) is 0 Å². The fraction of sp³-hybridized carbons (Fsp3) is 0.583. The van der Waals surface area contributed by atoms with Gasteiger partial charge in [-0.1, -0.05) is 0 Å². The number of carbonyl (C=O) groups is 1. The number of nitrogens with one attached hydrogen (secondary N) is 1. The van der Waals surface area contributed by atoms with Crippen LogP contribution in [0.25, 0.3) is 0 Å². The van der Waals surface area contributed by atoms with Crippen molar-refractivity contribution in [3.8, 4) is 0 Å². The first-order valence-electron chi connectivity index (χ1n) is 5.64. The van der Waals surface area contributed by atoms with Crippen molar-refractivity contribution >= 4 is 29.7 Å². The van der Waals surface area contributed by atoms with Gasteiger partial charge in [0.15, 0.2) is 0 Å². The van der Waals surface area contributed by atoms with Crippen LogP contribution in [0.2, 0.25) is 0 Å². The van der Waals surface area contributed by atoms with Gasteiger partial charge in [0.05, 0.1) is 10.4 Å². The summed E-state index contributed by atoms with van der Waals surface area (Å²) in [5.74, 6) is 0.570. The summed E-state index contributed by atoms with van der Waals surface area (Å²) in [6.45, 7) is 4.56. The third-order valence-electron chi connectivity index (χ3n) is 3.27. The summed E-state index contributed by atoms with van der Waals surface area (Å²) >= 11 is 1.53. The van der Waals surface area contributed by atoms with E-state index in [0.717, 1.165) is 9.75 Å². The van der Waals surface area contributed by atoms with E-state index in [1.807, 2.05) is 26.0 Å². The molecule has 1 aromatic rings. The van der Waals surface area contributed by atoms with Crippen molar-refractivity contribution < 1.29 is 4.79 Å². The molecule has 1 fully saturated rings. The number of hydrogen-bond donors (Lipinski definition) is 2. The SMILES string of the molecule is Cc1ccc(C(=O)NC(C)(CN)C2CC2)s1.Cl. The lowest BCUT2D eigenvalue weighted by atomic mass is 9.96. The Bertz CT molecular complexity index is 403. The summed E-state index contributed by atoms with van der Waals surface area (Å²) in [7, 11) is 0. The molecule has 1 atom stereocenters. The Morgan fingerprint density at radius 1 is 1.59 bits per heavy atom. The van der Waals surface area contributed by atoms with E-state index in [1.165, 1.54) is 24.2 Å². The lowest BCUT2D eigenvalue weighted by molar-refractivity contribution is 0.0902. The number of carbonyl (C=O) groups excluding carboxylic acids is 1. The molecule has 2 rings (SSSR count). The highest BCUT2D eigenvalue weighted by Crippen LogP contribution is 2.39. The first-order chi connectivity index (χ1) is 7.55. The van der Waals surface area contributed by atoms with Crippen LogP contribution in [0.15, 0.2) is 12.1 Å². The molecule has 96 valence electrons. The second-order valence-electron chi connectivity index (χ2n) is 4.76. The smallest absolute Gasteiger partial charge is 0.261 e. The number of halogens is 1. The molecule has 0 radical (unpaired) electrons. The molecule has 1 aromatic heterocycles. The molecule has 3 N–H and O–H groups in total. The van der Waals surface area contributed by atoms with Crippen LogP contribution in [0.5, 0.6) is 0 Å². The molecule has 0 saturated heterocycles. The monoisotopic (exact) mass is 274 g/mol. The fourth-order valence-corrected chi connectivity index (χ4v) is 2.68. The van der Waals surface area contributed by atoms with Crippen molar-refractivity contribution in [2.75, 3.05) is 6.54 Å². The van der Waals surface area contributed by atoms with Gasteiger partial charge in [-0.2, -0.15) is 0 Å². The maximum atomic E-state index is 12.0. The van der Waals surface area contributed by atoms with Gasteiger partial charge in [0, 0.05) is 11.4 Å². The standard InChI is InChI=1S/C12H18N2OS.ClH/c1-8-3-6-10(16-8)11(15)14-12(2,7-13)9-4-5-9;/h3,6,9H,4-5,7,13H2,1-2H3,(H,14,15);1H. The molecule has 1 heterocycles. The van der Waals surface area contributed by atoms with Gasteiger partial charge in [-0.3, -0.25) is 4.79 Å². The third-order valence-corrected chi connectivity index (χ3v) is 4.27. The van der Waals surface area contributed by atoms with Crippen LogP contribution in [0, 0.1) is 12.8 Å². The molecule has 1 amide bonds. The number of nitrogens with two attached hydrogens (primary N) is 1. The molecule has 5 heteroatoms. The first kappa shape index (κ1) is 14.5. The minimum atomic E-state index is -0.227. The van der Waals surface area contributed by atoms with Crippen molar-refractivity contribution in [1.82, 2.24) is 5.32 Å². The van der Waals surface area contributed by atoms with Crippen molar-refractivity contribution in [3.05, 3.63) is 21.9 Å². The Morgan fingerprint density at radius 2 is 2.24 bits per heavy atom. The van der Waals surface area contributed by atoms with Gasteiger partial charge in [0.1, 0.15) is 0 Å². The van der Waals surface area contributed by atoms with Crippen molar-refractivity contribution in [1.29, 1.82) is 0 Å². The highest BCUT2D eigenvalue weighted by atomic mass is 35.5. The molecule has 0 bridgehead atoms. The molecule has 0 spiro atoms. The minimum absolute atomic E-state index is 0. The van der Waals surface area contributed by atoms with E-state index in [1.54, 1.807) is 0 Å². The zero-order valence-corrected chi connectivity index (χ0v) is 11.8. The summed E-state index contributed by atoms with van der Waals surface area (Å²) in [4.78, 5) is 13.9. The van der Waals surface area contributed by atoms with E-state index in [-0.39, 0.29) is 23.9 Å². The van der Waals surface area contributed by atoms with Crippen LogP contribution in [-0.2, 0) is 0 Å². The van der Waals surface area contributed by atoms with Gasteiger partial charge in [0.2, 0.25) is 0 Å². The molecule has 0 aliphatic heterocycles. The Morgan fingerprint density at radius 3 is 2.65 bits per heavy atom. The normalized spacial score (nSPS) is 18.1. The highest BCUT2D eigenvalue weighted by Gasteiger charge is 2.41. The first-order valence-corrected chi connectivity index (χ1v) is 6.46. The number of thiophene rings is 1. The summed E-state index contributed by atoms with van der Waals surface area (Å²) in [6, 6.07) is 3.84. The van der Waals surface area contributed by atoms with Crippen molar-refractivity contribution in [2.24, 2.45) is 11.7 Å². The third kappa shape index (κ3) is 3.21. The lowest BCUT2D eigenvalue weighted by Gasteiger charge is -2.29. The van der Waals surface area contributed by atoms with E-state index in [2.05, 4.69) is 5.32 Å². The maximum Gasteiger partial charge on any atom is 0.261 e. The Kier molecular flexibility index (Phi) is 4.58. The van der Waals surface area contributed by atoms with Gasteiger partial charge < -0.3 is 11.1 Å². The van der Waals surface area contributed by atoms with Gasteiger partial charge in [-0.05, 0) is 44.7 Å². The minimum Gasteiger partial charge on any atom is -0.345 e. The lowest BCUT2D eigenvalue weighted by Crippen LogP contribution is -2.53. The predicted molar refractivity (Wildman–Crippen MR) is 74.0 cm³/mol. The second kappa shape index (κ2) is 5.38. The van der Waals surface area contributed by atoms with E-state index in [0.29, 0.717) is 12.5 Å². The van der Waals surface area contributed by atoms with Crippen LogP contribution in [0.4, 0.5) is 0 Å². The molecule has 1 unspecified atom stereocenters. The molecule has 1 saturated carbocycles. The zero-order valence-electron chi connectivity index (χ0n) is 10.2. The summed E-state index contributed by atoms with van der Waals surface area (Å²) < 4.78 is 0. The average molecular weight is 275 g/mol. The van der Waals surface area contributed by atoms with Crippen LogP contribution in [0.1, 0.15) is 34.3 Å². The number of rotatable bonds is 4. The second-order valence-corrected chi connectivity index (χ2v) is 6.05. The quantitative estimate of drug-likeness (QED) is 0.885. The highest BCUT2D eigenvalue weighted by molar-refractivity contribution is 7.13. The van der Waals surface area contributed by atoms with E-state index in [4.69, 9.17) is 5.73 Å². The van der Waals surface area contributed by atoms with Gasteiger partial charge >= 0.3 is 0 Å². The van der Waals surface area contributed by atoms with E-state index >= 15 is 0 Å². The summed E-state index contributed by atoms with van der Waals surface area (Å²) in [5, 5.41) is 3.08. The topological polar surface area (TPSA) is 55.1 Å². The summed E-state index contributed by atoms with van der Waals surface area (Å²) in [6.07, 6.45) is 2.36. The zero-order chi connectivity index (χ0) is 11.8. The predicted octanol–water partition coefficient (Wildman–Crippen LogP) is 2.34. The molecule has 0 aromatic carbocycles. The molecule has 1 aliphatic rings. The molecule has 3 nitrogen and oxygen atoms in total. The van der Waals surface area contributed by atoms with Crippen molar-refractivity contribution in [2.45, 2.75) is 32.2 Å².